The van der Waals surface area contributed by atoms with Gasteiger partial charge < -0.3 is 10.1 Å². The second kappa shape index (κ2) is 7.57. The Labute approximate surface area is 160 Å². The highest BCUT2D eigenvalue weighted by Crippen LogP contribution is 2.32. The van der Waals surface area contributed by atoms with Crippen LogP contribution < -0.4 is 10.1 Å². The van der Waals surface area contributed by atoms with Gasteiger partial charge in [0.15, 0.2) is 9.84 Å². The van der Waals surface area contributed by atoms with Gasteiger partial charge in [0.25, 0.3) is 11.1 Å². The summed E-state index contributed by atoms with van der Waals surface area (Å²) in [5, 5.41) is 2.97. The van der Waals surface area contributed by atoms with Crippen molar-refractivity contribution in [3.63, 3.8) is 0 Å². The molecule has 2 aliphatic heterocycles. The normalized spacial score (nSPS) is 22.5. The van der Waals surface area contributed by atoms with Gasteiger partial charge in [0.2, 0.25) is 5.91 Å². The Morgan fingerprint density at radius 1 is 1.41 bits per heavy atom. The molecule has 3 amide bonds. The van der Waals surface area contributed by atoms with E-state index < -0.39 is 39.5 Å². The third-order valence-electron chi connectivity index (χ3n) is 3.84. The molecule has 0 unspecified atom stereocenters. The summed E-state index contributed by atoms with van der Waals surface area (Å²) in [6.45, 7) is -0.468. The van der Waals surface area contributed by atoms with E-state index in [9.17, 15) is 22.8 Å². The number of carbonyl (C=O) groups is 3. The minimum Gasteiger partial charge on any atom is -0.497 e. The molecule has 0 radical (unpaired) electrons. The fourth-order valence-electron chi connectivity index (χ4n) is 2.58. The summed E-state index contributed by atoms with van der Waals surface area (Å²) in [5.41, 5.74) is 0.686. The number of sulfone groups is 1. The smallest absolute Gasteiger partial charge is 0.294 e. The van der Waals surface area contributed by atoms with Gasteiger partial charge in [-0.15, -0.1) is 0 Å². The first-order chi connectivity index (χ1) is 12.8. The summed E-state index contributed by atoms with van der Waals surface area (Å²) in [7, 11) is -1.78. The first-order valence-electron chi connectivity index (χ1n) is 7.87. The maximum atomic E-state index is 12.4. The molecule has 0 spiro atoms. The first-order valence-corrected chi connectivity index (χ1v) is 10.4. The van der Waals surface area contributed by atoms with E-state index >= 15 is 0 Å². The molecule has 10 heteroatoms. The van der Waals surface area contributed by atoms with Crippen molar-refractivity contribution in [3.05, 3.63) is 46.2 Å². The number of amides is 3. The van der Waals surface area contributed by atoms with Crippen molar-refractivity contribution in [3.8, 4) is 5.75 Å². The van der Waals surface area contributed by atoms with Gasteiger partial charge in [-0.2, -0.15) is 0 Å². The van der Waals surface area contributed by atoms with Crippen LogP contribution in [0.2, 0.25) is 0 Å². The van der Waals surface area contributed by atoms with Gasteiger partial charge in [-0.1, -0.05) is 12.1 Å². The van der Waals surface area contributed by atoms with Crippen molar-refractivity contribution in [2.24, 2.45) is 0 Å². The zero-order valence-electron chi connectivity index (χ0n) is 14.2. The molecule has 1 fully saturated rings. The number of hydrogen-bond donors (Lipinski definition) is 1. The SMILES string of the molecule is COc1cccc(/C=C2/SC(=O)N(CC(=O)N[C@@H]3C=CS(=O)(=O)C3)C2=O)c1. The Kier molecular flexibility index (Phi) is 5.38. The summed E-state index contributed by atoms with van der Waals surface area (Å²) in [6.07, 6.45) is 2.92. The zero-order chi connectivity index (χ0) is 19.6. The molecule has 8 nitrogen and oxygen atoms in total. The average molecular weight is 408 g/mol. The Morgan fingerprint density at radius 2 is 2.19 bits per heavy atom. The van der Waals surface area contributed by atoms with Crippen LogP contribution in [0, 0.1) is 0 Å². The summed E-state index contributed by atoms with van der Waals surface area (Å²) in [4.78, 5) is 37.6. The number of hydrogen-bond acceptors (Lipinski definition) is 7. The number of carbonyl (C=O) groups excluding carboxylic acids is 3. The topological polar surface area (TPSA) is 110 Å². The van der Waals surface area contributed by atoms with Gasteiger partial charge >= 0.3 is 0 Å². The molecule has 2 heterocycles. The van der Waals surface area contributed by atoms with Crippen LogP contribution in [-0.4, -0.2) is 55.8 Å². The highest BCUT2D eigenvalue weighted by Gasteiger charge is 2.36. The number of imide groups is 1. The number of rotatable bonds is 5. The van der Waals surface area contributed by atoms with E-state index in [4.69, 9.17) is 4.74 Å². The Bertz CT molecular complexity index is 967. The van der Waals surface area contributed by atoms with Crippen LogP contribution in [0.25, 0.3) is 6.08 Å². The molecule has 1 saturated heterocycles. The number of nitrogens with one attached hydrogen (secondary N) is 1. The molecule has 1 N–H and O–H groups in total. The molecule has 142 valence electrons. The van der Waals surface area contributed by atoms with Gasteiger partial charge in [0, 0.05) is 5.41 Å². The van der Waals surface area contributed by atoms with Crippen molar-refractivity contribution in [2.45, 2.75) is 6.04 Å². The van der Waals surface area contributed by atoms with Crippen molar-refractivity contribution < 1.29 is 27.5 Å². The quantitative estimate of drug-likeness (QED) is 0.728. The van der Waals surface area contributed by atoms with Crippen molar-refractivity contribution in [2.75, 3.05) is 19.4 Å². The lowest BCUT2D eigenvalue weighted by Gasteiger charge is -2.14. The third kappa shape index (κ3) is 4.58. The van der Waals surface area contributed by atoms with Crippen molar-refractivity contribution in [1.82, 2.24) is 10.2 Å². The van der Waals surface area contributed by atoms with E-state index in [2.05, 4.69) is 5.32 Å². The fourth-order valence-corrected chi connectivity index (χ4v) is 4.65. The predicted molar refractivity (Wildman–Crippen MR) is 101 cm³/mol. The zero-order valence-corrected chi connectivity index (χ0v) is 15.9. The molecule has 2 aliphatic rings. The fraction of sp³-hybridized carbons (Fsp3) is 0.235. The maximum Gasteiger partial charge on any atom is 0.294 e. The second-order valence-electron chi connectivity index (χ2n) is 5.88. The molecule has 1 atom stereocenters. The van der Waals surface area contributed by atoms with E-state index in [0.29, 0.717) is 11.3 Å². The highest BCUT2D eigenvalue weighted by atomic mass is 32.2. The molecular formula is C17H16N2O6S2. The van der Waals surface area contributed by atoms with Crippen LogP contribution >= 0.6 is 11.8 Å². The van der Waals surface area contributed by atoms with Gasteiger partial charge in [0.1, 0.15) is 12.3 Å². The number of benzene rings is 1. The largest absolute Gasteiger partial charge is 0.497 e. The number of ether oxygens (including phenoxy) is 1. The molecule has 1 aromatic rings. The molecule has 0 saturated carbocycles. The van der Waals surface area contributed by atoms with E-state index in [1.165, 1.54) is 13.2 Å². The number of thioether (sulfide) groups is 1. The van der Waals surface area contributed by atoms with E-state index in [-0.39, 0.29) is 10.7 Å². The maximum absolute atomic E-state index is 12.4. The Balaban J connectivity index is 1.66. The van der Waals surface area contributed by atoms with Gasteiger partial charge in [-0.3, -0.25) is 19.3 Å². The van der Waals surface area contributed by atoms with Gasteiger partial charge in [0.05, 0.1) is 23.8 Å². The lowest BCUT2D eigenvalue weighted by molar-refractivity contribution is -0.129. The molecule has 1 aromatic carbocycles. The van der Waals surface area contributed by atoms with Gasteiger partial charge in [-0.25, -0.2) is 8.42 Å². The van der Waals surface area contributed by atoms with E-state index in [1.54, 1.807) is 30.3 Å². The Hall–Kier alpha value is -2.59. The number of methoxy groups -OCH3 is 1. The van der Waals surface area contributed by atoms with Gasteiger partial charge in [-0.05, 0) is 41.6 Å². The summed E-state index contributed by atoms with van der Waals surface area (Å²) in [5.74, 6) is -0.790. The molecule has 3 rings (SSSR count). The van der Waals surface area contributed by atoms with Crippen LogP contribution in [0.1, 0.15) is 5.56 Å². The summed E-state index contributed by atoms with van der Waals surface area (Å²) >= 11 is 0.742. The van der Waals surface area contributed by atoms with Crippen molar-refractivity contribution in [1.29, 1.82) is 0 Å². The third-order valence-corrected chi connectivity index (χ3v) is 6.15. The lowest BCUT2D eigenvalue weighted by Crippen LogP contribution is -2.43. The highest BCUT2D eigenvalue weighted by molar-refractivity contribution is 8.18. The van der Waals surface area contributed by atoms with Crippen LogP contribution in [-0.2, 0) is 19.4 Å². The lowest BCUT2D eigenvalue weighted by atomic mass is 10.2. The minimum atomic E-state index is -3.31. The average Bonchev–Trinajstić information content (AvgIpc) is 3.08. The molecule has 27 heavy (non-hydrogen) atoms. The molecule has 0 aliphatic carbocycles. The van der Waals surface area contributed by atoms with E-state index in [0.717, 1.165) is 22.1 Å². The first kappa shape index (κ1) is 19.2. The van der Waals surface area contributed by atoms with Crippen LogP contribution in [0.3, 0.4) is 0 Å². The van der Waals surface area contributed by atoms with Crippen LogP contribution in [0.15, 0.2) is 40.7 Å². The monoisotopic (exact) mass is 408 g/mol. The minimum absolute atomic E-state index is 0.199. The summed E-state index contributed by atoms with van der Waals surface area (Å²) < 4.78 is 27.8. The molecular weight excluding hydrogens is 392 g/mol. The standard InChI is InChI=1S/C17H16N2O6S2/c1-25-13-4-2-3-11(7-13)8-14-16(21)19(17(22)26-14)9-15(20)18-12-5-6-27(23,24)10-12/h2-8,12H,9-10H2,1H3,(H,18,20)/b14-8+/t12-/m1/s1. The summed E-state index contributed by atoms with van der Waals surface area (Å²) in [6, 6.07) is 6.33. The number of nitrogens with zero attached hydrogens (tertiary/aromatic N) is 1. The predicted octanol–water partition coefficient (Wildman–Crippen LogP) is 1.16. The second-order valence-corrected chi connectivity index (χ2v) is 8.80. The molecule has 0 bridgehead atoms. The Morgan fingerprint density at radius 3 is 2.85 bits per heavy atom. The van der Waals surface area contributed by atoms with Crippen LogP contribution in [0.4, 0.5) is 4.79 Å². The van der Waals surface area contributed by atoms with E-state index in [1.807, 2.05) is 0 Å². The van der Waals surface area contributed by atoms with Crippen LogP contribution in [0.5, 0.6) is 5.75 Å². The van der Waals surface area contributed by atoms with Crippen molar-refractivity contribution >= 4 is 44.7 Å². The molecule has 0 aromatic heterocycles.